The van der Waals surface area contributed by atoms with Crippen LogP contribution in [0.1, 0.15) is 24.6 Å². The molecule has 0 saturated carbocycles. The van der Waals surface area contributed by atoms with Gasteiger partial charge in [-0.3, -0.25) is 19.3 Å². The number of ketones is 1. The molecular formula is C11H11N3O4. The summed E-state index contributed by atoms with van der Waals surface area (Å²) in [6.45, 7) is 0. The second-order valence-electron chi connectivity index (χ2n) is 4.30. The summed E-state index contributed by atoms with van der Waals surface area (Å²) >= 11 is 0. The second-order valence-corrected chi connectivity index (χ2v) is 4.30. The van der Waals surface area contributed by atoms with Gasteiger partial charge in [-0.15, -0.1) is 0 Å². The van der Waals surface area contributed by atoms with Gasteiger partial charge in [-0.25, -0.2) is 4.98 Å². The topological polar surface area (TPSA) is 96.8 Å². The highest BCUT2D eigenvalue weighted by Gasteiger charge is 2.33. The van der Waals surface area contributed by atoms with Crippen molar-refractivity contribution in [1.82, 2.24) is 14.7 Å². The van der Waals surface area contributed by atoms with Crippen molar-refractivity contribution in [1.29, 1.82) is 0 Å². The molecule has 2 aromatic rings. The lowest BCUT2D eigenvalue weighted by Gasteiger charge is -2.27. The highest BCUT2D eigenvalue weighted by molar-refractivity contribution is 5.87. The highest BCUT2D eigenvalue weighted by atomic mass is 16.4. The second kappa shape index (κ2) is 3.95. The average molecular weight is 249 g/mol. The van der Waals surface area contributed by atoms with E-state index >= 15 is 0 Å². The maximum Gasteiger partial charge on any atom is 0.321 e. The Morgan fingerprint density at radius 3 is 3.17 bits per heavy atom. The van der Waals surface area contributed by atoms with Crippen molar-refractivity contribution in [2.24, 2.45) is 0 Å². The molecule has 1 saturated heterocycles. The molecule has 1 aliphatic heterocycles. The van der Waals surface area contributed by atoms with Crippen LogP contribution in [-0.4, -0.2) is 32.3 Å². The minimum Gasteiger partial charge on any atom is -0.480 e. The van der Waals surface area contributed by atoms with E-state index in [0.717, 1.165) is 5.69 Å². The number of Topliss-reactive ketones (excluding diaryl/α,β-unsaturated/α-hetero) is 1. The third-order valence-electron chi connectivity index (χ3n) is 3.10. The molecule has 0 aromatic carbocycles. The number of nitrogens with zero attached hydrogens (tertiary/aromatic N) is 2. The molecule has 0 radical (unpaired) electrons. The molecule has 2 atom stereocenters. The Labute approximate surface area is 101 Å². The van der Waals surface area contributed by atoms with Gasteiger partial charge < -0.3 is 9.52 Å². The molecule has 3 rings (SSSR count). The number of nitrogens with one attached hydrogen (secondary N) is 1. The summed E-state index contributed by atoms with van der Waals surface area (Å²) in [6.07, 6.45) is 5.06. The number of hydrogen-bond donors (Lipinski definition) is 2. The molecule has 2 aromatic heterocycles. The van der Waals surface area contributed by atoms with Crippen molar-refractivity contribution < 1.29 is 19.1 Å². The molecule has 3 heterocycles. The number of piperidine rings is 1. The summed E-state index contributed by atoms with van der Waals surface area (Å²) in [4.78, 5) is 26.6. The predicted molar refractivity (Wildman–Crippen MR) is 59.0 cm³/mol. The van der Waals surface area contributed by atoms with Gasteiger partial charge in [0.15, 0.2) is 0 Å². The van der Waals surface area contributed by atoms with Gasteiger partial charge in [-0.2, -0.15) is 0 Å². The standard InChI is InChI=1S/C11H11N3O4/c15-6-3-7(13-8(4-6)10(16)17)9-5-12-11-14(9)1-2-18-11/h1-2,5,7-8,13H,3-4H2,(H,16,17). The zero-order valence-corrected chi connectivity index (χ0v) is 9.37. The normalized spacial score (nSPS) is 24.6. The van der Waals surface area contributed by atoms with Crippen LogP contribution in [0.3, 0.4) is 0 Å². The zero-order chi connectivity index (χ0) is 12.7. The van der Waals surface area contributed by atoms with Crippen LogP contribution in [0.5, 0.6) is 0 Å². The van der Waals surface area contributed by atoms with Crippen LogP contribution in [0.15, 0.2) is 23.1 Å². The molecule has 0 aliphatic carbocycles. The molecule has 1 aliphatic rings. The van der Waals surface area contributed by atoms with E-state index in [2.05, 4.69) is 10.3 Å². The number of carboxylic acid groups (broad SMARTS) is 1. The number of rotatable bonds is 2. The Hall–Kier alpha value is -2.15. The van der Waals surface area contributed by atoms with Gasteiger partial charge >= 0.3 is 11.8 Å². The molecular weight excluding hydrogens is 238 g/mol. The van der Waals surface area contributed by atoms with Gasteiger partial charge in [0.2, 0.25) is 0 Å². The van der Waals surface area contributed by atoms with E-state index in [1.54, 1.807) is 16.8 Å². The number of fused-ring (bicyclic) bond motifs is 1. The van der Waals surface area contributed by atoms with Gasteiger partial charge in [-0.05, 0) is 0 Å². The van der Waals surface area contributed by atoms with Crippen LogP contribution >= 0.6 is 0 Å². The Morgan fingerprint density at radius 2 is 2.39 bits per heavy atom. The number of aliphatic carboxylic acids is 1. The van der Waals surface area contributed by atoms with E-state index < -0.39 is 12.0 Å². The molecule has 2 N–H and O–H groups in total. The monoisotopic (exact) mass is 249 g/mol. The number of hydrogen-bond acceptors (Lipinski definition) is 5. The lowest BCUT2D eigenvalue weighted by atomic mass is 9.95. The van der Waals surface area contributed by atoms with E-state index in [9.17, 15) is 9.59 Å². The maximum absolute atomic E-state index is 11.6. The summed E-state index contributed by atoms with van der Waals surface area (Å²) in [6, 6.07) is -1.19. The van der Waals surface area contributed by atoms with Crippen molar-refractivity contribution in [3.05, 3.63) is 24.4 Å². The van der Waals surface area contributed by atoms with Crippen LogP contribution < -0.4 is 5.32 Å². The molecule has 0 bridgehead atoms. The van der Waals surface area contributed by atoms with Crippen LogP contribution in [0.2, 0.25) is 0 Å². The number of carbonyl (C=O) groups excluding carboxylic acids is 1. The minimum atomic E-state index is -1.01. The summed E-state index contributed by atoms with van der Waals surface area (Å²) in [5.74, 6) is -0.651. The van der Waals surface area contributed by atoms with E-state index in [-0.39, 0.29) is 24.7 Å². The zero-order valence-electron chi connectivity index (χ0n) is 9.37. The fraction of sp³-hybridized carbons (Fsp3) is 0.364. The number of carbonyl (C=O) groups is 2. The highest BCUT2D eigenvalue weighted by Crippen LogP contribution is 2.24. The van der Waals surface area contributed by atoms with E-state index in [4.69, 9.17) is 9.52 Å². The first-order valence-corrected chi connectivity index (χ1v) is 5.56. The first-order valence-electron chi connectivity index (χ1n) is 5.56. The van der Waals surface area contributed by atoms with Gasteiger partial charge in [0.1, 0.15) is 18.1 Å². The van der Waals surface area contributed by atoms with Crippen LogP contribution in [0, 0.1) is 0 Å². The fourth-order valence-corrected chi connectivity index (χ4v) is 2.25. The Bertz CT molecular complexity index is 615. The predicted octanol–water partition coefficient (Wildman–Crippen LogP) is 0.374. The van der Waals surface area contributed by atoms with Gasteiger partial charge in [-0.1, -0.05) is 0 Å². The third kappa shape index (κ3) is 1.68. The molecule has 7 heteroatoms. The van der Waals surface area contributed by atoms with Crippen LogP contribution in [0.25, 0.3) is 5.84 Å². The number of carboxylic acids is 1. The maximum atomic E-state index is 11.6. The Balaban J connectivity index is 1.94. The van der Waals surface area contributed by atoms with E-state index in [1.807, 2.05) is 0 Å². The summed E-state index contributed by atoms with van der Waals surface area (Å²) in [5.41, 5.74) is 0.734. The average Bonchev–Trinajstić information content (AvgIpc) is 2.89. The molecule has 0 amide bonds. The van der Waals surface area contributed by atoms with Crippen molar-refractivity contribution in [2.75, 3.05) is 0 Å². The van der Waals surface area contributed by atoms with E-state index in [0.29, 0.717) is 5.84 Å². The number of oxazole rings is 1. The van der Waals surface area contributed by atoms with Crippen LogP contribution in [-0.2, 0) is 9.59 Å². The quantitative estimate of drug-likeness (QED) is 0.798. The number of imidazole rings is 1. The summed E-state index contributed by atoms with van der Waals surface area (Å²) in [5, 5.41) is 11.9. The first-order chi connectivity index (χ1) is 8.65. The van der Waals surface area contributed by atoms with Crippen molar-refractivity contribution in [3.8, 4) is 0 Å². The smallest absolute Gasteiger partial charge is 0.321 e. The SMILES string of the molecule is O=C1CC(C(=O)O)NC(c2cnc3occn23)C1. The van der Waals surface area contributed by atoms with Gasteiger partial charge in [0, 0.05) is 19.0 Å². The van der Waals surface area contributed by atoms with Crippen LogP contribution in [0.4, 0.5) is 0 Å². The third-order valence-corrected chi connectivity index (χ3v) is 3.10. The molecule has 2 unspecified atom stereocenters. The lowest BCUT2D eigenvalue weighted by Crippen LogP contribution is -2.45. The summed E-state index contributed by atoms with van der Waals surface area (Å²) < 4.78 is 6.82. The van der Waals surface area contributed by atoms with Crippen molar-refractivity contribution >= 4 is 17.6 Å². The van der Waals surface area contributed by atoms with Gasteiger partial charge in [0.25, 0.3) is 0 Å². The molecule has 7 nitrogen and oxygen atoms in total. The Morgan fingerprint density at radius 1 is 1.56 bits per heavy atom. The largest absolute Gasteiger partial charge is 0.480 e. The molecule has 0 spiro atoms. The Kier molecular flexibility index (Phi) is 2.41. The molecule has 94 valence electrons. The molecule has 18 heavy (non-hydrogen) atoms. The van der Waals surface area contributed by atoms with Crippen molar-refractivity contribution in [2.45, 2.75) is 24.9 Å². The fourth-order valence-electron chi connectivity index (χ4n) is 2.25. The minimum absolute atomic E-state index is 0.0270. The summed E-state index contributed by atoms with van der Waals surface area (Å²) in [7, 11) is 0. The number of aromatic nitrogens is 2. The lowest BCUT2D eigenvalue weighted by molar-refractivity contribution is -0.143. The van der Waals surface area contributed by atoms with Gasteiger partial charge in [0.05, 0.1) is 17.9 Å². The van der Waals surface area contributed by atoms with E-state index in [1.165, 1.54) is 6.26 Å². The molecule has 1 fully saturated rings. The van der Waals surface area contributed by atoms with Crippen molar-refractivity contribution in [3.63, 3.8) is 0 Å². The first kappa shape index (κ1) is 11.0.